The molecule has 0 amide bonds. The van der Waals surface area contributed by atoms with Gasteiger partial charge in [0.15, 0.2) is 5.78 Å². The molecule has 1 aromatic heterocycles. The van der Waals surface area contributed by atoms with E-state index >= 15 is 0 Å². The van der Waals surface area contributed by atoms with E-state index in [0.29, 0.717) is 10.6 Å². The van der Waals surface area contributed by atoms with Gasteiger partial charge >= 0.3 is 0 Å². The summed E-state index contributed by atoms with van der Waals surface area (Å²) in [7, 11) is 1.59. The number of thiophene rings is 1. The molecule has 0 radical (unpaired) electrons. The normalized spacial score (nSPS) is 11.3. The Labute approximate surface area is 111 Å². The Morgan fingerprint density at radius 1 is 1.17 bits per heavy atom. The molecule has 18 heavy (non-hydrogen) atoms. The number of carbonyl (C=O) groups excluding carboxylic acids is 1. The lowest BCUT2D eigenvalue weighted by atomic mass is 9.80. The molecule has 94 valence electrons. The molecule has 0 N–H and O–H groups in total. The summed E-state index contributed by atoms with van der Waals surface area (Å²) >= 11 is 1.43. The van der Waals surface area contributed by atoms with Gasteiger partial charge in [-0.1, -0.05) is 30.3 Å². The highest BCUT2D eigenvalue weighted by Gasteiger charge is 2.33. The van der Waals surface area contributed by atoms with Crippen molar-refractivity contribution in [1.29, 1.82) is 0 Å². The molecule has 0 fully saturated rings. The number of ketones is 1. The van der Waals surface area contributed by atoms with Gasteiger partial charge in [0.2, 0.25) is 0 Å². The van der Waals surface area contributed by atoms with E-state index in [-0.39, 0.29) is 5.78 Å². The summed E-state index contributed by atoms with van der Waals surface area (Å²) in [4.78, 5) is 13.3. The average molecular weight is 260 g/mol. The van der Waals surface area contributed by atoms with E-state index in [4.69, 9.17) is 4.74 Å². The van der Waals surface area contributed by atoms with E-state index in [9.17, 15) is 4.79 Å². The third-order valence-corrected chi connectivity index (χ3v) is 4.01. The molecule has 0 aliphatic carbocycles. The van der Waals surface area contributed by atoms with E-state index in [2.05, 4.69) is 0 Å². The van der Waals surface area contributed by atoms with Crippen LogP contribution in [0.15, 0.2) is 41.8 Å². The van der Waals surface area contributed by atoms with Crippen LogP contribution in [0.2, 0.25) is 0 Å². The highest BCUT2D eigenvalue weighted by atomic mass is 32.1. The van der Waals surface area contributed by atoms with E-state index in [1.807, 2.05) is 55.6 Å². The third-order valence-electron chi connectivity index (χ3n) is 3.12. The van der Waals surface area contributed by atoms with Crippen LogP contribution in [0.4, 0.5) is 0 Å². The van der Waals surface area contributed by atoms with Gasteiger partial charge in [-0.15, -0.1) is 11.3 Å². The van der Waals surface area contributed by atoms with Gasteiger partial charge in [0.1, 0.15) is 10.6 Å². The third kappa shape index (κ3) is 2.18. The van der Waals surface area contributed by atoms with Crippen LogP contribution in [0.3, 0.4) is 0 Å². The van der Waals surface area contributed by atoms with Gasteiger partial charge in [-0.25, -0.2) is 0 Å². The van der Waals surface area contributed by atoms with Gasteiger partial charge in [0.05, 0.1) is 12.5 Å². The van der Waals surface area contributed by atoms with Gasteiger partial charge in [0.25, 0.3) is 0 Å². The van der Waals surface area contributed by atoms with Crippen LogP contribution in [0, 0.1) is 0 Å². The lowest BCUT2D eigenvalue weighted by Gasteiger charge is -2.23. The summed E-state index contributed by atoms with van der Waals surface area (Å²) in [5.41, 5.74) is 0.477. The minimum atomic E-state index is -0.542. The zero-order valence-corrected chi connectivity index (χ0v) is 11.6. The van der Waals surface area contributed by atoms with Crippen LogP contribution in [-0.2, 0) is 5.41 Å². The summed E-state index contributed by atoms with van der Waals surface area (Å²) in [5.74, 6) is 0.759. The monoisotopic (exact) mass is 260 g/mol. The van der Waals surface area contributed by atoms with Crippen LogP contribution in [0.25, 0.3) is 0 Å². The first-order valence-corrected chi connectivity index (χ1v) is 6.67. The van der Waals surface area contributed by atoms with Crippen molar-refractivity contribution in [2.24, 2.45) is 0 Å². The maximum Gasteiger partial charge on any atom is 0.186 e. The fourth-order valence-corrected chi connectivity index (χ4v) is 2.85. The molecule has 0 atom stereocenters. The Hall–Kier alpha value is -1.61. The first-order valence-electron chi connectivity index (χ1n) is 5.79. The zero-order chi connectivity index (χ0) is 13.2. The fraction of sp³-hybridized carbons (Fsp3) is 0.267. The maximum atomic E-state index is 12.6. The second kappa shape index (κ2) is 4.94. The van der Waals surface area contributed by atoms with E-state index in [1.54, 1.807) is 7.11 Å². The Kier molecular flexibility index (Phi) is 3.53. The van der Waals surface area contributed by atoms with Gasteiger partial charge in [-0.2, -0.15) is 0 Å². The van der Waals surface area contributed by atoms with Crippen LogP contribution < -0.4 is 4.74 Å². The Bertz CT molecular complexity index is 541. The molecule has 2 nitrogen and oxygen atoms in total. The second-order valence-electron chi connectivity index (χ2n) is 4.64. The lowest BCUT2D eigenvalue weighted by Crippen LogP contribution is -2.28. The van der Waals surface area contributed by atoms with Gasteiger partial charge in [0, 0.05) is 0 Å². The van der Waals surface area contributed by atoms with Crippen molar-refractivity contribution in [2.75, 3.05) is 7.11 Å². The number of ether oxygens (including phenoxy) is 1. The van der Waals surface area contributed by atoms with Crippen LogP contribution in [-0.4, -0.2) is 12.9 Å². The molecule has 0 unspecified atom stereocenters. The highest BCUT2D eigenvalue weighted by molar-refractivity contribution is 7.12. The van der Waals surface area contributed by atoms with Crippen molar-refractivity contribution in [3.05, 3.63) is 52.2 Å². The number of Topliss-reactive ketones (excluding diaryl/α,β-unsaturated/α-hetero) is 1. The summed E-state index contributed by atoms with van der Waals surface area (Å²) in [5, 5.41) is 1.88. The smallest absolute Gasteiger partial charge is 0.186 e. The molecule has 1 aromatic carbocycles. The summed E-state index contributed by atoms with van der Waals surface area (Å²) in [6, 6.07) is 11.7. The van der Waals surface area contributed by atoms with E-state index in [1.165, 1.54) is 11.3 Å². The Balaban J connectivity index is 2.39. The number of rotatable bonds is 4. The average Bonchev–Trinajstić information content (AvgIpc) is 2.87. The van der Waals surface area contributed by atoms with Gasteiger partial charge in [-0.3, -0.25) is 4.79 Å². The number of carbonyl (C=O) groups is 1. The highest BCUT2D eigenvalue weighted by Crippen LogP contribution is 2.34. The molecule has 3 heteroatoms. The predicted octanol–water partition coefficient (Wildman–Crippen LogP) is 3.92. The van der Waals surface area contributed by atoms with Crippen molar-refractivity contribution in [3.63, 3.8) is 0 Å². The van der Waals surface area contributed by atoms with Crippen molar-refractivity contribution in [3.8, 4) is 5.75 Å². The summed E-state index contributed by atoms with van der Waals surface area (Å²) in [6.45, 7) is 3.90. The van der Waals surface area contributed by atoms with E-state index < -0.39 is 5.41 Å². The second-order valence-corrected chi connectivity index (χ2v) is 5.55. The zero-order valence-electron chi connectivity index (χ0n) is 10.8. The van der Waals surface area contributed by atoms with Crippen molar-refractivity contribution >= 4 is 17.1 Å². The van der Waals surface area contributed by atoms with Crippen molar-refractivity contribution in [1.82, 2.24) is 0 Å². The maximum absolute atomic E-state index is 12.6. The molecule has 0 aliphatic heterocycles. The molecule has 0 saturated carbocycles. The molecule has 0 spiro atoms. The Morgan fingerprint density at radius 2 is 1.83 bits per heavy atom. The number of hydrogen-bond acceptors (Lipinski definition) is 3. The lowest BCUT2D eigenvalue weighted by molar-refractivity contribution is 0.0910. The van der Waals surface area contributed by atoms with Crippen LogP contribution in [0.1, 0.15) is 29.1 Å². The largest absolute Gasteiger partial charge is 0.495 e. The number of hydrogen-bond donors (Lipinski definition) is 0. The molecular weight excluding hydrogens is 244 g/mol. The number of methoxy groups -OCH3 is 1. The predicted molar refractivity (Wildman–Crippen MR) is 74.7 cm³/mol. The first kappa shape index (κ1) is 12.8. The molecule has 2 rings (SSSR count). The van der Waals surface area contributed by atoms with Crippen molar-refractivity contribution < 1.29 is 9.53 Å². The van der Waals surface area contributed by atoms with Gasteiger partial charge < -0.3 is 4.74 Å². The minimum absolute atomic E-state index is 0.0977. The van der Waals surface area contributed by atoms with E-state index in [0.717, 1.165) is 5.56 Å². The standard InChI is InChI=1S/C15H16O2S/c1-15(2,11-7-5-4-6-8-11)14(16)13-12(17-3)9-10-18-13/h4-10H,1-3H3. The molecular formula is C15H16O2S. The summed E-state index contributed by atoms with van der Waals surface area (Å²) < 4.78 is 5.23. The SMILES string of the molecule is COc1ccsc1C(=O)C(C)(C)c1ccccc1. The molecule has 2 aromatic rings. The molecule has 1 heterocycles. The van der Waals surface area contributed by atoms with Crippen LogP contribution in [0.5, 0.6) is 5.75 Å². The quantitative estimate of drug-likeness (QED) is 0.779. The minimum Gasteiger partial charge on any atom is -0.495 e. The summed E-state index contributed by atoms with van der Waals surface area (Å²) in [6.07, 6.45) is 0. The molecule has 0 saturated heterocycles. The Morgan fingerprint density at radius 3 is 2.44 bits per heavy atom. The van der Waals surface area contributed by atoms with Crippen molar-refractivity contribution in [2.45, 2.75) is 19.3 Å². The molecule has 0 aliphatic rings. The number of benzene rings is 1. The van der Waals surface area contributed by atoms with Crippen LogP contribution >= 0.6 is 11.3 Å². The first-order chi connectivity index (χ1) is 8.57. The van der Waals surface area contributed by atoms with Gasteiger partial charge in [-0.05, 0) is 30.9 Å². The topological polar surface area (TPSA) is 26.3 Å². The fourth-order valence-electron chi connectivity index (χ4n) is 1.89. The molecule has 0 bridgehead atoms.